The van der Waals surface area contributed by atoms with Crippen LogP contribution in [-0.4, -0.2) is 26.4 Å². The molecule has 1 aromatic rings. The van der Waals surface area contributed by atoms with Crippen molar-refractivity contribution in [2.45, 2.75) is 39.5 Å². The van der Waals surface area contributed by atoms with Crippen LogP contribution in [0.15, 0.2) is 24.3 Å². The number of methoxy groups -OCH3 is 1. The molecular formula is C15H25NO2. The predicted molar refractivity (Wildman–Crippen MR) is 74.6 cm³/mol. The monoisotopic (exact) mass is 251 g/mol. The smallest absolute Gasteiger partial charge is 0.0716 e. The van der Waals surface area contributed by atoms with Gasteiger partial charge in [-0.15, -0.1) is 0 Å². The first-order valence-corrected chi connectivity index (χ1v) is 6.60. The number of nitrogens with one attached hydrogen (secondary N) is 1. The molecule has 0 atom stereocenters. The zero-order valence-electron chi connectivity index (χ0n) is 11.7. The molecule has 0 aliphatic carbocycles. The van der Waals surface area contributed by atoms with Gasteiger partial charge in [-0.2, -0.15) is 0 Å². The van der Waals surface area contributed by atoms with E-state index in [4.69, 9.17) is 9.47 Å². The molecule has 0 amide bonds. The molecular weight excluding hydrogens is 226 g/mol. The fourth-order valence-corrected chi connectivity index (χ4v) is 1.65. The Kier molecular flexibility index (Phi) is 7.65. The number of ether oxygens (including phenoxy) is 2. The molecule has 0 spiro atoms. The van der Waals surface area contributed by atoms with Gasteiger partial charge < -0.3 is 14.8 Å². The van der Waals surface area contributed by atoms with Crippen LogP contribution in [0.25, 0.3) is 0 Å². The second-order valence-corrected chi connectivity index (χ2v) is 4.75. The second kappa shape index (κ2) is 9.09. The van der Waals surface area contributed by atoms with Crippen LogP contribution in [0.1, 0.15) is 31.4 Å². The standard InChI is InChI=1S/C15H25NO2/c1-13(2)16-11-14-6-4-7-15(10-14)12-18-9-5-8-17-3/h4,6-7,10,13,16H,5,8-9,11-12H2,1-3H3. The van der Waals surface area contributed by atoms with E-state index >= 15 is 0 Å². The molecule has 0 unspecified atom stereocenters. The number of hydrogen-bond donors (Lipinski definition) is 1. The lowest BCUT2D eigenvalue weighted by atomic mass is 10.1. The van der Waals surface area contributed by atoms with Crippen LogP contribution in [0.5, 0.6) is 0 Å². The average Bonchev–Trinajstić information content (AvgIpc) is 2.37. The van der Waals surface area contributed by atoms with Crippen molar-refractivity contribution in [3.63, 3.8) is 0 Å². The van der Waals surface area contributed by atoms with Crippen LogP contribution in [0, 0.1) is 0 Å². The van der Waals surface area contributed by atoms with Crippen LogP contribution in [0.4, 0.5) is 0 Å². The van der Waals surface area contributed by atoms with Crippen molar-refractivity contribution in [1.29, 1.82) is 0 Å². The summed E-state index contributed by atoms with van der Waals surface area (Å²) in [5.74, 6) is 0. The van der Waals surface area contributed by atoms with E-state index in [2.05, 4.69) is 43.4 Å². The van der Waals surface area contributed by atoms with Crippen molar-refractivity contribution in [2.24, 2.45) is 0 Å². The minimum Gasteiger partial charge on any atom is -0.385 e. The molecule has 1 rings (SSSR count). The van der Waals surface area contributed by atoms with E-state index < -0.39 is 0 Å². The topological polar surface area (TPSA) is 30.5 Å². The summed E-state index contributed by atoms with van der Waals surface area (Å²) in [5.41, 5.74) is 2.54. The van der Waals surface area contributed by atoms with Crippen LogP contribution < -0.4 is 5.32 Å². The highest BCUT2D eigenvalue weighted by molar-refractivity contribution is 5.22. The Morgan fingerprint density at radius 3 is 2.67 bits per heavy atom. The molecule has 0 aliphatic heterocycles. The molecule has 0 aromatic heterocycles. The summed E-state index contributed by atoms with van der Waals surface area (Å²) in [4.78, 5) is 0. The second-order valence-electron chi connectivity index (χ2n) is 4.75. The SMILES string of the molecule is COCCCOCc1cccc(CNC(C)C)c1. The third kappa shape index (κ3) is 6.74. The van der Waals surface area contributed by atoms with E-state index in [-0.39, 0.29) is 0 Å². The Morgan fingerprint density at radius 1 is 1.17 bits per heavy atom. The molecule has 0 aliphatic rings. The lowest BCUT2D eigenvalue weighted by Crippen LogP contribution is -2.21. The summed E-state index contributed by atoms with van der Waals surface area (Å²) in [7, 11) is 1.71. The van der Waals surface area contributed by atoms with Gasteiger partial charge in [0, 0.05) is 32.9 Å². The maximum atomic E-state index is 5.60. The molecule has 0 heterocycles. The summed E-state index contributed by atoms with van der Waals surface area (Å²) < 4.78 is 10.6. The van der Waals surface area contributed by atoms with Crippen molar-refractivity contribution in [3.8, 4) is 0 Å². The van der Waals surface area contributed by atoms with E-state index in [1.165, 1.54) is 11.1 Å². The molecule has 18 heavy (non-hydrogen) atoms. The first-order chi connectivity index (χ1) is 8.72. The van der Waals surface area contributed by atoms with E-state index in [0.717, 1.165) is 26.2 Å². The minimum absolute atomic E-state index is 0.513. The molecule has 0 saturated heterocycles. The van der Waals surface area contributed by atoms with Gasteiger partial charge in [-0.05, 0) is 17.5 Å². The number of benzene rings is 1. The minimum atomic E-state index is 0.513. The highest BCUT2D eigenvalue weighted by atomic mass is 16.5. The highest BCUT2D eigenvalue weighted by Crippen LogP contribution is 2.07. The fourth-order valence-electron chi connectivity index (χ4n) is 1.65. The van der Waals surface area contributed by atoms with Gasteiger partial charge in [-0.25, -0.2) is 0 Å². The largest absolute Gasteiger partial charge is 0.385 e. The van der Waals surface area contributed by atoms with Crippen LogP contribution in [0.2, 0.25) is 0 Å². The Labute approximate surface area is 110 Å². The summed E-state index contributed by atoms with van der Waals surface area (Å²) in [6.45, 7) is 7.42. The van der Waals surface area contributed by atoms with E-state index in [0.29, 0.717) is 12.6 Å². The molecule has 102 valence electrons. The number of hydrogen-bond acceptors (Lipinski definition) is 3. The van der Waals surface area contributed by atoms with Gasteiger partial charge in [0.2, 0.25) is 0 Å². The molecule has 3 nitrogen and oxygen atoms in total. The summed E-state index contributed by atoms with van der Waals surface area (Å²) >= 11 is 0. The first-order valence-electron chi connectivity index (χ1n) is 6.60. The predicted octanol–water partition coefficient (Wildman–Crippen LogP) is 2.74. The van der Waals surface area contributed by atoms with Gasteiger partial charge in [-0.3, -0.25) is 0 Å². The Morgan fingerprint density at radius 2 is 1.94 bits per heavy atom. The van der Waals surface area contributed by atoms with Crippen molar-refractivity contribution in [1.82, 2.24) is 5.32 Å². The van der Waals surface area contributed by atoms with Crippen LogP contribution in [0.3, 0.4) is 0 Å². The molecule has 0 radical (unpaired) electrons. The first kappa shape index (κ1) is 15.2. The average molecular weight is 251 g/mol. The Hall–Kier alpha value is -0.900. The summed E-state index contributed by atoms with van der Waals surface area (Å²) in [5, 5.41) is 3.42. The quantitative estimate of drug-likeness (QED) is 0.685. The Balaban J connectivity index is 2.30. The Bertz CT molecular complexity index is 326. The van der Waals surface area contributed by atoms with Gasteiger partial charge in [0.1, 0.15) is 0 Å². The van der Waals surface area contributed by atoms with Crippen molar-refractivity contribution >= 4 is 0 Å². The lowest BCUT2D eigenvalue weighted by Gasteiger charge is -2.10. The molecule has 0 saturated carbocycles. The van der Waals surface area contributed by atoms with Crippen molar-refractivity contribution in [2.75, 3.05) is 20.3 Å². The molecule has 1 aromatic carbocycles. The zero-order valence-corrected chi connectivity index (χ0v) is 11.7. The maximum Gasteiger partial charge on any atom is 0.0716 e. The van der Waals surface area contributed by atoms with Crippen molar-refractivity contribution in [3.05, 3.63) is 35.4 Å². The van der Waals surface area contributed by atoms with Gasteiger partial charge in [-0.1, -0.05) is 38.1 Å². The fraction of sp³-hybridized carbons (Fsp3) is 0.600. The molecule has 0 bridgehead atoms. The summed E-state index contributed by atoms with van der Waals surface area (Å²) in [6, 6.07) is 9.05. The maximum absolute atomic E-state index is 5.60. The van der Waals surface area contributed by atoms with E-state index in [1.54, 1.807) is 7.11 Å². The van der Waals surface area contributed by atoms with Gasteiger partial charge in [0.25, 0.3) is 0 Å². The third-order valence-electron chi connectivity index (χ3n) is 2.61. The normalized spacial score (nSPS) is 11.1. The zero-order chi connectivity index (χ0) is 13.2. The number of rotatable bonds is 9. The highest BCUT2D eigenvalue weighted by Gasteiger charge is 1.98. The van der Waals surface area contributed by atoms with Gasteiger partial charge in [0.05, 0.1) is 6.61 Å². The van der Waals surface area contributed by atoms with Crippen LogP contribution in [-0.2, 0) is 22.6 Å². The van der Waals surface area contributed by atoms with Crippen molar-refractivity contribution < 1.29 is 9.47 Å². The van der Waals surface area contributed by atoms with Crippen LogP contribution >= 0.6 is 0 Å². The van der Waals surface area contributed by atoms with Gasteiger partial charge in [0.15, 0.2) is 0 Å². The molecule has 1 N–H and O–H groups in total. The van der Waals surface area contributed by atoms with E-state index in [1.807, 2.05) is 0 Å². The molecule has 3 heteroatoms. The third-order valence-corrected chi connectivity index (χ3v) is 2.61. The molecule has 0 fully saturated rings. The van der Waals surface area contributed by atoms with Gasteiger partial charge >= 0.3 is 0 Å². The summed E-state index contributed by atoms with van der Waals surface area (Å²) in [6.07, 6.45) is 0.949. The lowest BCUT2D eigenvalue weighted by molar-refractivity contribution is 0.0928. The van der Waals surface area contributed by atoms with E-state index in [9.17, 15) is 0 Å².